The molecular weight excluding hydrogens is 431 g/mol. The lowest BCUT2D eigenvalue weighted by atomic mass is 10.1. The fourth-order valence-corrected chi connectivity index (χ4v) is 3.67. The monoisotopic (exact) mass is 446 g/mol. The fraction of sp³-hybridized carbons (Fsp3) is 0.0417. The molecule has 7 heteroatoms. The predicted molar refractivity (Wildman–Crippen MR) is 124 cm³/mol. The minimum absolute atomic E-state index is 0.662. The number of rotatable bonds is 4. The molecule has 0 amide bonds. The van der Waals surface area contributed by atoms with Crippen molar-refractivity contribution in [2.24, 2.45) is 0 Å². The summed E-state index contributed by atoms with van der Waals surface area (Å²) in [7, 11) is 1.64. The lowest BCUT2D eigenvalue weighted by Gasteiger charge is -2.06. The number of hydrogen-bond acceptors (Lipinski definition) is 4. The molecule has 0 aliphatic rings. The highest BCUT2D eigenvalue weighted by molar-refractivity contribution is 6.30. The molecule has 152 valence electrons. The number of benzene rings is 3. The van der Waals surface area contributed by atoms with Crippen molar-refractivity contribution >= 4 is 34.1 Å². The largest absolute Gasteiger partial charge is 0.497 e. The molecule has 2 heterocycles. The van der Waals surface area contributed by atoms with Gasteiger partial charge in [-0.15, -0.1) is 10.2 Å². The molecule has 0 spiro atoms. The van der Waals surface area contributed by atoms with E-state index in [0.29, 0.717) is 15.7 Å². The minimum Gasteiger partial charge on any atom is -0.497 e. The Hall–Kier alpha value is -3.41. The minimum atomic E-state index is 0.662. The predicted octanol–water partition coefficient (Wildman–Crippen LogP) is 6.46. The Balaban J connectivity index is 1.73. The summed E-state index contributed by atoms with van der Waals surface area (Å²) in [5.74, 6) is 0.780. The maximum Gasteiger partial charge on any atom is 0.123 e. The van der Waals surface area contributed by atoms with E-state index in [1.807, 2.05) is 83.7 Å². The molecule has 0 radical (unpaired) electrons. The van der Waals surface area contributed by atoms with Crippen molar-refractivity contribution < 1.29 is 4.74 Å². The zero-order valence-corrected chi connectivity index (χ0v) is 18.0. The second-order valence-electron chi connectivity index (χ2n) is 6.94. The summed E-state index contributed by atoms with van der Waals surface area (Å²) in [5, 5.41) is 16.1. The van der Waals surface area contributed by atoms with E-state index in [1.165, 1.54) is 0 Å². The average Bonchev–Trinajstić information content (AvgIpc) is 3.25. The quantitative estimate of drug-likeness (QED) is 0.317. The molecular formula is C24H16Cl2N4O. The third kappa shape index (κ3) is 3.74. The van der Waals surface area contributed by atoms with Gasteiger partial charge in [0.1, 0.15) is 22.7 Å². The summed E-state index contributed by atoms with van der Waals surface area (Å²) in [6, 6.07) is 22.7. The third-order valence-electron chi connectivity index (χ3n) is 5.02. The Labute approximate surface area is 188 Å². The maximum atomic E-state index is 6.07. The summed E-state index contributed by atoms with van der Waals surface area (Å²) in [5.41, 5.74) is 4.90. The van der Waals surface area contributed by atoms with Gasteiger partial charge in [0.2, 0.25) is 0 Å². The van der Waals surface area contributed by atoms with Crippen molar-refractivity contribution in [1.29, 1.82) is 0 Å². The number of methoxy groups -OCH3 is 1. The number of fused-ring (bicyclic) bond motifs is 1. The molecule has 31 heavy (non-hydrogen) atoms. The second kappa shape index (κ2) is 8.02. The van der Waals surface area contributed by atoms with Crippen molar-refractivity contribution in [3.8, 4) is 34.0 Å². The van der Waals surface area contributed by atoms with Gasteiger partial charge in [0.05, 0.1) is 18.2 Å². The zero-order valence-electron chi connectivity index (χ0n) is 16.5. The van der Waals surface area contributed by atoms with Crippen molar-refractivity contribution in [1.82, 2.24) is 20.0 Å². The first-order valence-corrected chi connectivity index (χ1v) is 10.3. The summed E-state index contributed by atoms with van der Waals surface area (Å²) in [6.45, 7) is 0. The second-order valence-corrected chi connectivity index (χ2v) is 7.82. The van der Waals surface area contributed by atoms with Crippen LogP contribution in [0.1, 0.15) is 0 Å². The molecule has 0 aliphatic carbocycles. The van der Waals surface area contributed by atoms with Crippen LogP contribution in [-0.4, -0.2) is 27.1 Å². The molecule has 5 nitrogen and oxygen atoms in total. The highest BCUT2D eigenvalue weighted by atomic mass is 35.5. The molecule has 0 bridgehead atoms. The van der Waals surface area contributed by atoms with Gasteiger partial charge in [-0.05, 0) is 60.7 Å². The maximum absolute atomic E-state index is 6.07. The van der Waals surface area contributed by atoms with Gasteiger partial charge in [-0.25, -0.2) is 4.68 Å². The molecule has 0 atom stereocenters. The SMILES string of the molecule is COc1ccc(-c2nnc(-c3ccc(Cl)cc3)c3nn(-c4ccc(Cl)cc4)cc23)cc1. The van der Waals surface area contributed by atoms with E-state index >= 15 is 0 Å². The summed E-state index contributed by atoms with van der Waals surface area (Å²) in [4.78, 5) is 0. The molecule has 2 aromatic heterocycles. The van der Waals surface area contributed by atoms with Crippen LogP contribution in [0.2, 0.25) is 10.0 Å². The molecule has 5 rings (SSSR count). The molecule has 3 aromatic carbocycles. The summed E-state index contributed by atoms with van der Waals surface area (Å²) < 4.78 is 7.09. The standard InChI is InChI=1S/C24H16Cl2N4O/c1-31-20-12-4-15(5-13-20)22-21-14-30(19-10-8-18(26)9-11-19)29-24(21)23(28-27-22)16-2-6-17(25)7-3-16/h2-14H,1H3. The van der Waals surface area contributed by atoms with E-state index in [9.17, 15) is 0 Å². The van der Waals surface area contributed by atoms with Gasteiger partial charge in [-0.3, -0.25) is 0 Å². The number of ether oxygens (including phenoxy) is 1. The van der Waals surface area contributed by atoms with Crippen molar-refractivity contribution in [2.45, 2.75) is 0 Å². The highest BCUT2D eigenvalue weighted by Gasteiger charge is 2.17. The van der Waals surface area contributed by atoms with Crippen LogP contribution in [0.4, 0.5) is 0 Å². The van der Waals surface area contributed by atoms with Gasteiger partial charge >= 0.3 is 0 Å². The zero-order chi connectivity index (χ0) is 21.4. The molecule has 5 aromatic rings. The normalized spacial score (nSPS) is 11.1. The van der Waals surface area contributed by atoms with Crippen LogP contribution < -0.4 is 4.74 Å². The summed E-state index contributed by atoms with van der Waals surface area (Å²) >= 11 is 12.1. The summed E-state index contributed by atoms with van der Waals surface area (Å²) in [6.07, 6.45) is 1.96. The van der Waals surface area contributed by atoms with Gasteiger partial charge in [0, 0.05) is 27.4 Å². The number of halogens is 2. The first kappa shape index (κ1) is 19.5. The van der Waals surface area contributed by atoms with Gasteiger partial charge in [0.25, 0.3) is 0 Å². The first-order valence-electron chi connectivity index (χ1n) is 9.55. The van der Waals surface area contributed by atoms with Gasteiger partial charge in [0.15, 0.2) is 0 Å². The lowest BCUT2D eigenvalue weighted by Crippen LogP contribution is -1.95. The van der Waals surface area contributed by atoms with Gasteiger partial charge in [-0.2, -0.15) is 5.10 Å². The van der Waals surface area contributed by atoms with Crippen LogP contribution in [0, 0.1) is 0 Å². The number of aromatic nitrogens is 4. The third-order valence-corrected chi connectivity index (χ3v) is 5.52. The Kier molecular flexibility index (Phi) is 5.06. The van der Waals surface area contributed by atoms with E-state index in [0.717, 1.165) is 39.2 Å². The van der Waals surface area contributed by atoms with Crippen LogP contribution in [0.25, 0.3) is 39.1 Å². The first-order chi connectivity index (χ1) is 15.1. The molecule has 0 fully saturated rings. The Morgan fingerprint density at radius 3 is 1.90 bits per heavy atom. The van der Waals surface area contributed by atoms with Crippen LogP contribution in [0.3, 0.4) is 0 Å². The van der Waals surface area contributed by atoms with Gasteiger partial charge in [-0.1, -0.05) is 35.3 Å². The molecule has 0 saturated carbocycles. The van der Waals surface area contributed by atoms with Gasteiger partial charge < -0.3 is 4.74 Å². The van der Waals surface area contributed by atoms with Crippen LogP contribution in [0.15, 0.2) is 79.0 Å². The van der Waals surface area contributed by atoms with Crippen LogP contribution in [-0.2, 0) is 0 Å². The fourth-order valence-electron chi connectivity index (χ4n) is 3.41. The average molecular weight is 447 g/mol. The van der Waals surface area contributed by atoms with E-state index in [2.05, 4.69) is 10.2 Å². The number of nitrogens with zero attached hydrogens (tertiary/aromatic N) is 4. The van der Waals surface area contributed by atoms with E-state index in [4.69, 9.17) is 33.0 Å². The Morgan fingerprint density at radius 1 is 0.710 bits per heavy atom. The van der Waals surface area contributed by atoms with Crippen LogP contribution >= 0.6 is 23.2 Å². The molecule has 0 N–H and O–H groups in total. The lowest BCUT2D eigenvalue weighted by molar-refractivity contribution is 0.415. The van der Waals surface area contributed by atoms with Crippen molar-refractivity contribution in [3.63, 3.8) is 0 Å². The van der Waals surface area contributed by atoms with Crippen LogP contribution in [0.5, 0.6) is 5.75 Å². The number of hydrogen-bond donors (Lipinski definition) is 0. The topological polar surface area (TPSA) is 52.8 Å². The van der Waals surface area contributed by atoms with E-state index in [1.54, 1.807) is 7.11 Å². The molecule has 0 unspecified atom stereocenters. The smallest absolute Gasteiger partial charge is 0.123 e. The van der Waals surface area contributed by atoms with E-state index < -0.39 is 0 Å². The highest BCUT2D eigenvalue weighted by Crippen LogP contribution is 2.33. The van der Waals surface area contributed by atoms with Crippen molar-refractivity contribution in [3.05, 3.63) is 89.0 Å². The molecule has 0 aliphatic heterocycles. The Bertz CT molecular complexity index is 1360. The van der Waals surface area contributed by atoms with E-state index in [-0.39, 0.29) is 0 Å². The van der Waals surface area contributed by atoms with Crippen molar-refractivity contribution in [2.75, 3.05) is 7.11 Å². The Morgan fingerprint density at radius 2 is 1.26 bits per heavy atom. The molecule has 0 saturated heterocycles.